The first-order valence-electron chi connectivity index (χ1n) is 4.68. The third-order valence-electron chi connectivity index (χ3n) is 2.77. The molecule has 0 bridgehead atoms. The van der Waals surface area contributed by atoms with Crippen molar-refractivity contribution in [2.45, 2.75) is 46.6 Å². The fourth-order valence-electron chi connectivity index (χ4n) is 1.57. The molecule has 0 aliphatic rings. The molecular formula is C10H20O2. The van der Waals surface area contributed by atoms with Crippen LogP contribution in [0.25, 0.3) is 0 Å². The Morgan fingerprint density at radius 1 is 1.33 bits per heavy atom. The van der Waals surface area contributed by atoms with Crippen LogP contribution < -0.4 is 0 Å². The van der Waals surface area contributed by atoms with Crippen LogP contribution in [0.4, 0.5) is 0 Å². The van der Waals surface area contributed by atoms with Crippen molar-refractivity contribution in [2.75, 3.05) is 0 Å². The molecule has 1 unspecified atom stereocenters. The first-order chi connectivity index (χ1) is 5.54. The van der Waals surface area contributed by atoms with E-state index in [0.717, 1.165) is 6.29 Å². The molecule has 1 atom stereocenters. The van der Waals surface area contributed by atoms with Crippen molar-refractivity contribution in [3.05, 3.63) is 0 Å². The van der Waals surface area contributed by atoms with E-state index in [1.165, 1.54) is 0 Å². The number of rotatable bonds is 5. The minimum Gasteiger partial charge on any atom is -0.392 e. The molecule has 2 nitrogen and oxygen atoms in total. The van der Waals surface area contributed by atoms with Crippen LogP contribution in [0.2, 0.25) is 0 Å². The summed E-state index contributed by atoms with van der Waals surface area (Å²) in [5.41, 5.74) is -0.520. The summed E-state index contributed by atoms with van der Waals surface area (Å²) < 4.78 is 0. The summed E-state index contributed by atoms with van der Waals surface area (Å²) in [5.74, 6) is 0.148. The van der Waals surface area contributed by atoms with Gasteiger partial charge in [0.2, 0.25) is 0 Å². The van der Waals surface area contributed by atoms with Crippen LogP contribution in [-0.4, -0.2) is 17.5 Å². The zero-order chi connectivity index (χ0) is 9.78. The van der Waals surface area contributed by atoms with Crippen molar-refractivity contribution in [2.24, 2.45) is 11.3 Å². The van der Waals surface area contributed by atoms with E-state index >= 15 is 0 Å². The molecule has 2 heteroatoms. The minimum absolute atomic E-state index is 0.148. The fourth-order valence-corrected chi connectivity index (χ4v) is 1.57. The van der Waals surface area contributed by atoms with Crippen LogP contribution in [-0.2, 0) is 4.79 Å². The van der Waals surface area contributed by atoms with Gasteiger partial charge in [-0.3, -0.25) is 0 Å². The first-order valence-corrected chi connectivity index (χ1v) is 4.68. The summed E-state index contributed by atoms with van der Waals surface area (Å²) in [6, 6.07) is 0. The lowest BCUT2D eigenvalue weighted by atomic mass is 9.74. The van der Waals surface area contributed by atoms with Gasteiger partial charge in [-0.15, -0.1) is 0 Å². The van der Waals surface area contributed by atoms with Gasteiger partial charge < -0.3 is 9.90 Å². The van der Waals surface area contributed by atoms with Gasteiger partial charge in [0.15, 0.2) is 0 Å². The molecule has 0 spiro atoms. The lowest BCUT2D eigenvalue weighted by Gasteiger charge is -2.33. The minimum atomic E-state index is -0.520. The summed E-state index contributed by atoms with van der Waals surface area (Å²) in [5, 5.41) is 9.81. The second kappa shape index (κ2) is 4.61. The molecule has 0 aliphatic carbocycles. The third-order valence-corrected chi connectivity index (χ3v) is 2.77. The van der Waals surface area contributed by atoms with Crippen molar-refractivity contribution < 1.29 is 9.90 Å². The van der Waals surface area contributed by atoms with Gasteiger partial charge in [-0.1, -0.05) is 27.7 Å². The maximum Gasteiger partial charge on any atom is 0.128 e. The second-order valence-corrected chi connectivity index (χ2v) is 3.75. The van der Waals surface area contributed by atoms with Crippen LogP contribution >= 0.6 is 0 Å². The monoisotopic (exact) mass is 172 g/mol. The van der Waals surface area contributed by atoms with E-state index in [9.17, 15) is 9.90 Å². The van der Waals surface area contributed by atoms with Gasteiger partial charge in [0.05, 0.1) is 11.5 Å². The first kappa shape index (κ1) is 11.6. The molecule has 0 saturated carbocycles. The van der Waals surface area contributed by atoms with Crippen LogP contribution in [0.15, 0.2) is 0 Å². The molecule has 12 heavy (non-hydrogen) atoms. The van der Waals surface area contributed by atoms with E-state index in [0.29, 0.717) is 12.8 Å². The average molecular weight is 172 g/mol. The highest BCUT2D eigenvalue weighted by Crippen LogP contribution is 2.31. The summed E-state index contributed by atoms with van der Waals surface area (Å²) >= 11 is 0. The van der Waals surface area contributed by atoms with Gasteiger partial charge in [0, 0.05) is 0 Å². The molecule has 0 radical (unpaired) electrons. The number of hydrogen-bond donors (Lipinski definition) is 1. The summed E-state index contributed by atoms with van der Waals surface area (Å²) in [6.45, 7) is 7.77. The Morgan fingerprint density at radius 3 is 1.83 bits per heavy atom. The normalized spacial score (nSPS) is 14.8. The molecule has 0 fully saturated rings. The van der Waals surface area contributed by atoms with Crippen molar-refractivity contribution in [1.29, 1.82) is 0 Å². The van der Waals surface area contributed by atoms with Crippen LogP contribution in [0.3, 0.4) is 0 Å². The quantitative estimate of drug-likeness (QED) is 0.644. The third kappa shape index (κ3) is 2.07. The molecule has 0 saturated heterocycles. The highest BCUT2D eigenvalue weighted by Gasteiger charge is 2.35. The largest absolute Gasteiger partial charge is 0.392 e. The molecule has 0 aromatic rings. The van der Waals surface area contributed by atoms with Gasteiger partial charge in [0.1, 0.15) is 6.29 Å². The fraction of sp³-hybridized carbons (Fsp3) is 0.900. The number of hydrogen-bond acceptors (Lipinski definition) is 2. The second-order valence-electron chi connectivity index (χ2n) is 3.75. The maximum absolute atomic E-state index is 10.9. The number of aldehydes is 1. The molecule has 0 rings (SSSR count). The van der Waals surface area contributed by atoms with Gasteiger partial charge in [-0.2, -0.15) is 0 Å². The highest BCUT2D eigenvalue weighted by molar-refractivity contribution is 5.60. The van der Waals surface area contributed by atoms with Gasteiger partial charge in [-0.25, -0.2) is 0 Å². The van der Waals surface area contributed by atoms with Crippen LogP contribution in [0.1, 0.15) is 40.5 Å². The zero-order valence-electron chi connectivity index (χ0n) is 8.50. The van der Waals surface area contributed by atoms with Crippen molar-refractivity contribution in [3.63, 3.8) is 0 Å². The maximum atomic E-state index is 10.9. The van der Waals surface area contributed by atoms with Crippen molar-refractivity contribution in [3.8, 4) is 0 Å². The SMILES string of the molecule is CCC(C=O)(CC)C(O)C(C)C. The lowest BCUT2D eigenvalue weighted by Crippen LogP contribution is -2.39. The number of carbonyl (C=O) groups is 1. The Kier molecular flexibility index (Phi) is 4.46. The summed E-state index contributed by atoms with van der Waals surface area (Å²) in [4.78, 5) is 10.9. The van der Waals surface area contributed by atoms with Crippen molar-refractivity contribution >= 4 is 6.29 Å². The Bertz CT molecular complexity index is 137. The highest BCUT2D eigenvalue weighted by atomic mass is 16.3. The number of carbonyl (C=O) groups excluding carboxylic acids is 1. The molecule has 72 valence electrons. The van der Waals surface area contributed by atoms with E-state index in [2.05, 4.69) is 0 Å². The summed E-state index contributed by atoms with van der Waals surface area (Å²) in [7, 11) is 0. The molecule has 0 aromatic carbocycles. The summed E-state index contributed by atoms with van der Waals surface area (Å²) in [6.07, 6.45) is 1.83. The molecule has 0 amide bonds. The van der Waals surface area contributed by atoms with E-state index in [1.807, 2.05) is 27.7 Å². The molecule has 0 heterocycles. The molecule has 0 aliphatic heterocycles. The Balaban J connectivity index is 4.58. The number of aliphatic hydroxyl groups excluding tert-OH is 1. The number of aliphatic hydroxyl groups is 1. The Morgan fingerprint density at radius 2 is 1.75 bits per heavy atom. The van der Waals surface area contributed by atoms with Gasteiger partial charge in [0.25, 0.3) is 0 Å². The Hall–Kier alpha value is -0.370. The van der Waals surface area contributed by atoms with Gasteiger partial charge in [-0.05, 0) is 18.8 Å². The van der Waals surface area contributed by atoms with E-state index < -0.39 is 11.5 Å². The molecule has 0 aromatic heterocycles. The Labute approximate surface area is 75.0 Å². The topological polar surface area (TPSA) is 37.3 Å². The lowest BCUT2D eigenvalue weighted by molar-refractivity contribution is -0.125. The zero-order valence-corrected chi connectivity index (χ0v) is 8.50. The van der Waals surface area contributed by atoms with E-state index in [1.54, 1.807) is 0 Å². The smallest absolute Gasteiger partial charge is 0.128 e. The van der Waals surface area contributed by atoms with E-state index in [-0.39, 0.29) is 5.92 Å². The molecular weight excluding hydrogens is 152 g/mol. The van der Waals surface area contributed by atoms with Crippen LogP contribution in [0.5, 0.6) is 0 Å². The van der Waals surface area contributed by atoms with E-state index in [4.69, 9.17) is 0 Å². The molecule has 1 N–H and O–H groups in total. The average Bonchev–Trinajstić information content (AvgIpc) is 2.08. The predicted molar refractivity (Wildman–Crippen MR) is 49.9 cm³/mol. The van der Waals surface area contributed by atoms with Gasteiger partial charge >= 0.3 is 0 Å². The van der Waals surface area contributed by atoms with Crippen molar-refractivity contribution in [1.82, 2.24) is 0 Å². The van der Waals surface area contributed by atoms with Crippen LogP contribution in [0, 0.1) is 11.3 Å². The standard InChI is InChI=1S/C10H20O2/c1-5-10(6-2,7-11)9(12)8(3)4/h7-9,12H,5-6H2,1-4H3. The predicted octanol–water partition coefficient (Wildman–Crippen LogP) is 2.01.